The molecule has 0 bridgehead atoms. The average molecular weight is 463 g/mol. The summed E-state index contributed by atoms with van der Waals surface area (Å²) in [7, 11) is 1.83. The second-order valence-electron chi connectivity index (χ2n) is 8.32. The molecule has 0 unspecified atom stereocenters. The second kappa shape index (κ2) is 8.61. The van der Waals surface area contributed by atoms with Crippen LogP contribution in [0, 0.1) is 6.92 Å². The first-order chi connectivity index (χ1) is 16.5. The van der Waals surface area contributed by atoms with Gasteiger partial charge in [0.2, 0.25) is 5.95 Å². The number of nitrogens with one attached hydrogen (secondary N) is 2. The molecule has 2 N–H and O–H groups in total. The SMILES string of the molecule is Cc1cc(-c2ncnc(Nc3cnn(C)c3)n2)ccc1CNC(=O)c1nc(C2(CF)CC2)no1. The van der Waals surface area contributed by atoms with Crippen molar-refractivity contribution in [3.63, 3.8) is 0 Å². The Morgan fingerprint density at radius 3 is 2.82 bits per heavy atom. The molecule has 4 aromatic rings. The third-order valence-corrected chi connectivity index (χ3v) is 5.78. The number of carbonyl (C=O) groups is 1. The Morgan fingerprint density at radius 2 is 2.12 bits per heavy atom. The molecule has 1 amide bonds. The summed E-state index contributed by atoms with van der Waals surface area (Å²) < 4.78 is 19.9. The van der Waals surface area contributed by atoms with Crippen molar-refractivity contribution in [2.24, 2.45) is 7.05 Å². The number of amides is 1. The molecule has 12 heteroatoms. The maximum absolute atomic E-state index is 13.2. The van der Waals surface area contributed by atoms with E-state index in [1.165, 1.54) is 6.33 Å². The van der Waals surface area contributed by atoms with Crippen LogP contribution in [0.2, 0.25) is 0 Å². The normalized spacial score (nSPS) is 14.1. The van der Waals surface area contributed by atoms with Crippen molar-refractivity contribution in [3.05, 3.63) is 59.8 Å². The van der Waals surface area contributed by atoms with Crippen LogP contribution in [-0.4, -0.2) is 47.5 Å². The maximum atomic E-state index is 13.2. The van der Waals surface area contributed by atoms with Crippen molar-refractivity contribution in [2.45, 2.75) is 31.7 Å². The monoisotopic (exact) mass is 463 g/mol. The van der Waals surface area contributed by atoms with Crippen LogP contribution in [0.5, 0.6) is 0 Å². The Balaban J connectivity index is 1.24. The summed E-state index contributed by atoms with van der Waals surface area (Å²) in [5, 5.41) is 13.7. The van der Waals surface area contributed by atoms with Crippen LogP contribution in [0.15, 0.2) is 41.4 Å². The lowest BCUT2D eigenvalue weighted by Crippen LogP contribution is -2.24. The molecule has 174 valence electrons. The van der Waals surface area contributed by atoms with E-state index in [9.17, 15) is 9.18 Å². The van der Waals surface area contributed by atoms with Crippen LogP contribution in [0.1, 0.15) is 40.5 Å². The summed E-state index contributed by atoms with van der Waals surface area (Å²) in [6.45, 7) is 1.65. The van der Waals surface area contributed by atoms with E-state index in [2.05, 4.69) is 40.8 Å². The second-order valence-corrected chi connectivity index (χ2v) is 8.32. The van der Waals surface area contributed by atoms with Gasteiger partial charge in [0.1, 0.15) is 13.0 Å². The molecule has 3 aromatic heterocycles. The molecule has 0 aliphatic heterocycles. The fourth-order valence-corrected chi connectivity index (χ4v) is 3.49. The van der Waals surface area contributed by atoms with Gasteiger partial charge in [-0.1, -0.05) is 17.3 Å². The Bertz CT molecular complexity index is 1350. The molecule has 0 saturated heterocycles. The molecule has 0 radical (unpaired) electrons. The minimum atomic E-state index is -0.670. The number of nitrogens with zero attached hydrogens (tertiary/aromatic N) is 7. The zero-order valence-electron chi connectivity index (χ0n) is 18.6. The quantitative estimate of drug-likeness (QED) is 0.404. The van der Waals surface area contributed by atoms with Gasteiger partial charge < -0.3 is 15.2 Å². The molecule has 1 aromatic carbocycles. The minimum Gasteiger partial charge on any atom is -0.344 e. The average Bonchev–Trinajstić information content (AvgIpc) is 3.27. The Morgan fingerprint density at radius 1 is 1.26 bits per heavy atom. The number of hydrogen-bond acceptors (Lipinski definition) is 9. The van der Waals surface area contributed by atoms with Gasteiger partial charge in [0.05, 0.1) is 17.3 Å². The fourth-order valence-electron chi connectivity index (χ4n) is 3.49. The van der Waals surface area contributed by atoms with Crippen LogP contribution < -0.4 is 10.6 Å². The topological polar surface area (TPSA) is 137 Å². The van der Waals surface area contributed by atoms with Crippen LogP contribution in [0.25, 0.3) is 11.4 Å². The van der Waals surface area contributed by atoms with E-state index in [1.54, 1.807) is 10.9 Å². The van der Waals surface area contributed by atoms with Gasteiger partial charge in [-0.15, -0.1) is 0 Å². The summed E-state index contributed by atoms with van der Waals surface area (Å²) in [4.78, 5) is 29.4. The largest absolute Gasteiger partial charge is 0.344 e. The molecule has 0 atom stereocenters. The number of benzene rings is 1. The molecular weight excluding hydrogens is 441 g/mol. The van der Waals surface area contributed by atoms with Crippen LogP contribution >= 0.6 is 0 Å². The van der Waals surface area contributed by atoms with E-state index >= 15 is 0 Å². The lowest BCUT2D eigenvalue weighted by molar-refractivity contribution is 0.0907. The molecule has 1 aliphatic carbocycles. The highest BCUT2D eigenvalue weighted by Gasteiger charge is 2.49. The van der Waals surface area contributed by atoms with E-state index < -0.39 is 18.0 Å². The van der Waals surface area contributed by atoms with Gasteiger partial charge in [0.25, 0.3) is 0 Å². The van der Waals surface area contributed by atoms with Crippen molar-refractivity contribution < 1.29 is 13.7 Å². The number of aromatic nitrogens is 7. The Kier molecular flexibility index (Phi) is 5.48. The van der Waals surface area contributed by atoms with Crippen molar-refractivity contribution in [3.8, 4) is 11.4 Å². The third kappa shape index (κ3) is 4.34. The maximum Gasteiger partial charge on any atom is 0.315 e. The Labute approximate surface area is 193 Å². The van der Waals surface area contributed by atoms with E-state index in [4.69, 9.17) is 4.52 Å². The Hall–Kier alpha value is -4.22. The highest BCUT2D eigenvalue weighted by Crippen LogP contribution is 2.46. The molecule has 1 aliphatic rings. The first-order valence-electron chi connectivity index (χ1n) is 10.7. The predicted octanol–water partition coefficient (Wildman–Crippen LogP) is 2.64. The first kappa shape index (κ1) is 21.6. The number of carbonyl (C=O) groups excluding carboxylic acids is 1. The van der Waals surface area contributed by atoms with E-state index in [-0.39, 0.29) is 18.3 Å². The predicted molar refractivity (Wildman–Crippen MR) is 119 cm³/mol. The molecule has 3 heterocycles. The molecule has 1 fully saturated rings. The fraction of sp³-hybridized carbons (Fsp3) is 0.318. The molecule has 11 nitrogen and oxygen atoms in total. The van der Waals surface area contributed by atoms with Crippen molar-refractivity contribution in [2.75, 3.05) is 12.0 Å². The highest BCUT2D eigenvalue weighted by molar-refractivity contribution is 5.89. The number of hydrogen-bond donors (Lipinski definition) is 2. The van der Waals surface area contributed by atoms with Gasteiger partial charge in [-0.3, -0.25) is 9.48 Å². The lowest BCUT2D eigenvalue weighted by Gasteiger charge is -2.09. The van der Waals surface area contributed by atoms with Crippen molar-refractivity contribution >= 4 is 17.5 Å². The van der Waals surface area contributed by atoms with E-state index in [0.29, 0.717) is 24.6 Å². The van der Waals surface area contributed by atoms with E-state index in [0.717, 1.165) is 22.4 Å². The van der Waals surface area contributed by atoms with Crippen molar-refractivity contribution in [1.29, 1.82) is 0 Å². The third-order valence-electron chi connectivity index (χ3n) is 5.78. The van der Waals surface area contributed by atoms with Gasteiger partial charge in [-0.2, -0.15) is 15.1 Å². The molecule has 5 rings (SSSR count). The van der Waals surface area contributed by atoms with Gasteiger partial charge >= 0.3 is 11.8 Å². The first-order valence-corrected chi connectivity index (χ1v) is 10.7. The lowest BCUT2D eigenvalue weighted by atomic mass is 10.0. The summed E-state index contributed by atoms with van der Waals surface area (Å²) in [6.07, 6.45) is 6.27. The minimum absolute atomic E-state index is 0.164. The van der Waals surface area contributed by atoms with Gasteiger partial charge in [-0.05, 0) is 37.0 Å². The molecular formula is C22H22FN9O2. The number of halogens is 1. The van der Waals surface area contributed by atoms with Crippen LogP contribution in [0.4, 0.5) is 16.0 Å². The highest BCUT2D eigenvalue weighted by atomic mass is 19.1. The smallest absolute Gasteiger partial charge is 0.315 e. The van der Waals surface area contributed by atoms with Crippen LogP contribution in [0.3, 0.4) is 0 Å². The zero-order chi connectivity index (χ0) is 23.7. The van der Waals surface area contributed by atoms with Crippen molar-refractivity contribution in [1.82, 2.24) is 40.2 Å². The number of anilines is 2. The molecule has 0 spiro atoms. The molecule has 1 saturated carbocycles. The zero-order valence-corrected chi connectivity index (χ0v) is 18.6. The van der Waals surface area contributed by atoms with Gasteiger partial charge in [0.15, 0.2) is 11.6 Å². The number of aryl methyl sites for hydroxylation is 2. The summed E-state index contributed by atoms with van der Waals surface area (Å²) in [5.41, 5.74) is 2.76. The summed E-state index contributed by atoms with van der Waals surface area (Å²) in [6, 6.07) is 5.71. The van der Waals surface area contributed by atoms with Crippen LogP contribution in [-0.2, 0) is 19.0 Å². The summed E-state index contributed by atoms with van der Waals surface area (Å²) >= 11 is 0. The van der Waals surface area contributed by atoms with Gasteiger partial charge in [0, 0.05) is 25.4 Å². The number of rotatable bonds is 8. The standard InChI is InChI=1S/C22H22FN9O2/c1-13-7-14(17-25-12-26-21(29-17)28-16-9-27-32(2)10-16)3-4-15(13)8-24-18(33)19-30-20(31-34-19)22(11-23)5-6-22/h3-4,7,9-10,12H,5-6,8,11H2,1-2H3,(H,24,33)(H,25,26,28,29). The van der Waals surface area contributed by atoms with Gasteiger partial charge in [-0.25, -0.2) is 14.4 Å². The summed E-state index contributed by atoms with van der Waals surface area (Å²) in [5.74, 6) is 0.519. The molecule has 34 heavy (non-hydrogen) atoms. The number of alkyl halides is 1. The van der Waals surface area contributed by atoms with E-state index in [1.807, 2.05) is 38.4 Å².